The van der Waals surface area contributed by atoms with E-state index in [2.05, 4.69) is 32.7 Å². The predicted molar refractivity (Wildman–Crippen MR) is 120 cm³/mol. The Morgan fingerprint density at radius 1 is 1.24 bits per heavy atom. The first kappa shape index (κ1) is 20.1. The standard InChI is InChI=1S/C20H21N5OS3/c1-13(19-21-15-8-4-5-9-16(15)29-19)24(2)18(26)12-28-20-23-22-17(25(20)3)11-14-7-6-10-27-14/h4-10,13H,11-12H2,1-3H3/t13-/m1/s1. The zero-order valence-electron chi connectivity index (χ0n) is 16.4. The Labute approximate surface area is 181 Å². The smallest absolute Gasteiger partial charge is 0.233 e. The Kier molecular flexibility index (Phi) is 5.98. The SMILES string of the molecule is C[C@H](c1nc2ccccc2s1)N(C)C(=O)CSc1nnc(Cc2cccs2)n1C. The molecule has 150 valence electrons. The van der Waals surface area contributed by atoms with Crippen LogP contribution in [-0.4, -0.2) is 43.4 Å². The van der Waals surface area contributed by atoms with Crippen LogP contribution >= 0.6 is 34.4 Å². The summed E-state index contributed by atoms with van der Waals surface area (Å²) in [5, 5.41) is 12.3. The number of thiazole rings is 1. The number of hydrogen-bond donors (Lipinski definition) is 0. The van der Waals surface area contributed by atoms with Gasteiger partial charge in [0.2, 0.25) is 5.91 Å². The maximum absolute atomic E-state index is 12.7. The zero-order valence-corrected chi connectivity index (χ0v) is 18.9. The average molecular weight is 444 g/mol. The molecule has 4 aromatic rings. The molecule has 0 spiro atoms. The van der Waals surface area contributed by atoms with E-state index in [1.165, 1.54) is 16.6 Å². The van der Waals surface area contributed by atoms with Crippen molar-refractivity contribution in [3.63, 3.8) is 0 Å². The van der Waals surface area contributed by atoms with E-state index in [0.29, 0.717) is 5.75 Å². The van der Waals surface area contributed by atoms with Crippen molar-refractivity contribution < 1.29 is 4.79 Å². The number of thioether (sulfide) groups is 1. The summed E-state index contributed by atoms with van der Waals surface area (Å²) in [7, 11) is 3.78. The molecule has 1 atom stereocenters. The quantitative estimate of drug-likeness (QED) is 0.397. The molecule has 0 saturated carbocycles. The molecule has 0 N–H and O–H groups in total. The van der Waals surface area contributed by atoms with Crippen LogP contribution in [0.25, 0.3) is 10.2 Å². The van der Waals surface area contributed by atoms with Crippen LogP contribution in [0.2, 0.25) is 0 Å². The third kappa shape index (κ3) is 4.36. The third-order valence-corrected chi connectivity index (χ3v) is 7.89. The topological polar surface area (TPSA) is 63.9 Å². The summed E-state index contributed by atoms with van der Waals surface area (Å²) in [6.07, 6.45) is 0.754. The molecule has 0 saturated heterocycles. The van der Waals surface area contributed by atoms with Crippen molar-refractivity contribution in [2.24, 2.45) is 7.05 Å². The van der Waals surface area contributed by atoms with Crippen LogP contribution in [0.3, 0.4) is 0 Å². The Morgan fingerprint density at radius 3 is 2.83 bits per heavy atom. The second-order valence-corrected chi connectivity index (χ2v) is 9.74. The Balaban J connectivity index is 1.38. The van der Waals surface area contributed by atoms with Crippen LogP contribution in [-0.2, 0) is 18.3 Å². The maximum atomic E-state index is 12.7. The van der Waals surface area contributed by atoms with E-state index in [4.69, 9.17) is 0 Å². The summed E-state index contributed by atoms with van der Waals surface area (Å²) < 4.78 is 3.11. The van der Waals surface area contributed by atoms with Crippen LogP contribution in [0.1, 0.15) is 28.7 Å². The Bertz CT molecular complexity index is 1090. The number of fused-ring (bicyclic) bond motifs is 1. The van der Waals surface area contributed by atoms with E-state index in [1.807, 2.05) is 49.9 Å². The first-order valence-electron chi connectivity index (χ1n) is 9.17. The van der Waals surface area contributed by atoms with Gasteiger partial charge in [-0.3, -0.25) is 4.79 Å². The van der Waals surface area contributed by atoms with Gasteiger partial charge in [-0.1, -0.05) is 30.0 Å². The molecule has 4 rings (SSSR count). The molecule has 0 aliphatic carbocycles. The molecule has 0 fully saturated rings. The third-order valence-electron chi connectivity index (χ3n) is 4.80. The first-order chi connectivity index (χ1) is 14.0. The Morgan fingerprint density at radius 2 is 2.07 bits per heavy atom. The van der Waals surface area contributed by atoms with Gasteiger partial charge in [0.15, 0.2) is 5.16 Å². The zero-order chi connectivity index (χ0) is 20.4. The number of rotatable bonds is 7. The van der Waals surface area contributed by atoms with Crippen molar-refractivity contribution in [3.8, 4) is 0 Å². The van der Waals surface area contributed by atoms with E-state index >= 15 is 0 Å². The summed E-state index contributed by atoms with van der Waals surface area (Å²) in [4.78, 5) is 20.4. The summed E-state index contributed by atoms with van der Waals surface area (Å²) in [5.74, 6) is 1.26. The lowest BCUT2D eigenvalue weighted by molar-refractivity contribution is -0.128. The lowest BCUT2D eigenvalue weighted by Gasteiger charge is -2.23. The lowest BCUT2D eigenvalue weighted by atomic mass is 10.3. The second kappa shape index (κ2) is 8.64. The number of nitrogens with zero attached hydrogens (tertiary/aromatic N) is 5. The van der Waals surface area contributed by atoms with Gasteiger partial charge in [0.05, 0.1) is 22.0 Å². The molecule has 0 radical (unpaired) electrons. The Hall–Kier alpha value is -2.23. The first-order valence-corrected chi connectivity index (χ1v) is 11.9. The number of hydrogen-bond acceptors (Lipinski definition) is 7. The van der Waals surface area contributed by atoms with Gasteiger partial charge in [-0.15, -0.1) is 32.9 Å². The number of para-hydroxylation sites is 1. The molecule has 0 bridgehead atoms. The van der Waals surface area contributed by atoms with E-state index < -0.39 is 0 Å². The molecule has 0 unspecified atom stereocenters. The number of amides is 1. The van der Waals surface area contributed by atoms with Crippen molar-refractivity contribution in [3.05, 3.63) is 57.5 Å². The number of benzene rings is 1. The van der Waals surface area contributed by atoms with Gasteiger partial charge in [0.25, 0.3) is 0 Å². The highest BCUT2D eigenvalue weighted by Gasteiger charge is 2.21. The normalized spacial score (nSPS) is 12.4. The minimum Gasteiger partial charge on any atom is -0.336 e. The summed E-state index contributed by atoms with van der Waals surface area (Å²) in [6, 6.07) is 12.1. The van der Waals surface area contributed by atoms with Crippen molar-refractivity contribution in [1.29, 1.82) is 0 Å². The molecule has 0 aliphatic heterocycles. The lowest BCUT2D eigenvalue weighted by Crippen LogP contribution is -2.31. The van der Waals surface area contributed by atoms with Crippen molar-refractivity contribution >= 4 is 50.6 Å². The number of aromatic nitrogens is 4. The van der Waals surface area contributed by atoms with E-state index in [0.717, 1.165) is 32.6 Å². The fraction of sp³-hybridized carbons (Fsp3) is 0.300. The van der Waals surface area contributed by atoms with Gasteiger partial charge in [0, 0.05) is 25.4 Å². The van der Waals surface area contributed by atoms with Gasteiger partial charge in [0.1, 0.15) is 10.8 Å². The highest BCUT2D eigenvalue weighted by atomic mass is 32.2. The average Bonchev–Trinajstić information content (AvgIpc) is 3.46. The van der Waals surface area contributed by atoms with Crippen LogP contribution in [0.15, 0.2) is 46.9 Å². The monoisotopic (exact) mass is 443 g/mol. The highest BCUT2D eigenvalue weighted by Crippen LogP contribution is 2.29. The van der Waals surface area contributed by atoms with Crippen LogP contribution in [0, 0.1) is 0 Å². The van der Waals surface area contributed by atoms with Gasteiger partial charge >= 0.3 is 0 Å². The van der Waals surface area contributed by atoms with Gasteiger partial charge in [-0.05, 0) is 30.5 Å². The second-order valence-electron chi connectivity index (χ2n) is 6.70. The maximum Gasteiger partial charge on any atom is 0.233 e. The molecule has 9 heteroatoms. The summed E-state index contributed by atoms with van der Waals surface area (Å²) in [6.45, 7) is 2.02. The molecule has 1 amide bonds. The van der Waals surface area contributed by atoms with Crippen molar-refractivity contribution in [2.75, 3.05) is 12.8 Å². The number of carbonyl (C=O) groups is 1. The van der Waals surface area contributed by atoms with E-state index in [-0.39, 0.29) is 11.9 Å². The predicted octanol–water partition coefficient (Wildman–Crippen LogP) is 4.39. The minimum atomic E-state index is -0.0746. The van der Waals surface area contributed by atoms with Gasteiger partial charge in [-0.2, -0.15) is 0 Å². The molecule has 3 aromatic heterocycles. The molecular formula is C20H21N5OS3. The van der Waals surface area contributed by atoms with Gasteiger partial charge in [-0.25, -0.2) is 4.98 Å². The number of thiophene rings is 1. The van der Waals surface area contributed by atoms with Crippen molar-refractivity contribution in [2.45, 2.75) is 24.5 Å². The summed E-state index contributed by atoms with van der Waals surface area (Å²) >= 11 is 4.76. The largest absolute Gasteiger partial charge is 0.336 e. The molecule has 29 heavy (non-hydrogen) atoms. The highest BCUT2D eigenvalue weighted by molar-refractivity contribution is 7.99. The van der Waals surface area contributed by atoms with Crippen LogP contribution in [0.5, 0.6) is 0 Å². The molecule has 1 aromatic carbocycles. The van der Waals surface area contributed by atoms with Gasteiger partial charge < -0.3 is 9.47 Å². The molecule has 6 nitrogen and oxygen atoms in total. The molecular weight excluding hydrogens is 422 g/mol. The molecule has 0 aliphatic rings. The van der Waals surface area contributed by atoms with E-state index in [9.17, 15) is 4.79 Å². The molecule has 3 heterocycles. The van der Waals surface area contributed by atoms with E-state index in [1.54, 1.807) is 27.6 Å². The fourth-order valence-electron chi connectivity index (χ4n) is 2.87. The van der Waals surface area contributed by atoms with Crippen molar-refractivity contribution in [1.82, 2.24) is 24.6 Å². The minimum absolute atomic E-state index is 0.0459. The van der Waals surface area contributed by atoms with Crippen LogP contribution < -0.4 is 0 Å². The summed E-state index contributed by atoms with van der Waals surface area (Å²) in [5.41, 5.74) is 0.979. The van der Waals surface area contributed by atoms with Crippen LogP contribution in [0.4, 0.5) is 0 Å². The fourth-order valence-corrected chi connectivity index (χ4v) is 5.49. The number of carbonyl (C=O) groups excluding carboxylic acids is 1.